The Morgan fingerprint density at radius 2 is 1.70 bits per heavy atom. The van der Waals surface area contributed by atoms with Crippen molar-refractivity contribution in [2.75, 3.05) is 16.8 Å². The van der Waals surface area contributed by atoms with Gasteiger partial charge in [-0.15, -0.1) is 0 Å². The number of halogens is 2. The van der Waals surface area contributed by atoms with E-state index in [0.29, 0.717) is 21.4 Å². The highest BCUT2D eigenvalue weighted by atomic mass is 35.5. The molecule has 4 nitrogen and oxygen atoms in total. The van der Waals surface area contributed by atoms with Crippen LogP contribution in [0.1, 0.15) is 12.5 Å². The van der Waals surface area contributed by atoms with Crippen molar-refractivity contribution in [2.24, 2.45) is 0 Å². The molecule has 0 saturated heterocycles. The molecule has 0 heterocycles. The van der Waals surface area contributed by atoms with Crippen LogP contribution in [0.25, 0.3) is 0 Å². The Morgan fingerprint density at radius 3 is 2.26 bits per heavy atom. The maximum atomic E-state index is 12.3. The quantitative estimate of drug-likeness (QED) is 0.893. The Bertz CT molecular complexity index is 727. The van der Waals surface area contributed by atoms with Crippen LogP contribution in [0.3, 0.4) is 0 Å². The summed E-state index contributed by atoms with van der Waals surface area (Å²) in [7, 11) is 0. The summed E-state index contributed by atoms with van der Waals surface area (Å²) in [6.45, 7) is 3.16. The number of aryl methyl sites for hydroxylation is 1. The van der Waals surface area contributed by atoms with E-state index in [4.69, 9.17) is 23.2 Å². The Morgan fingerprint density at radius 1 is 1.09 bits per heavy atom. The summed E-state index contributed by atoms with van der Waals surface area (Å²) in [4.78, 5) is 25.5. The highest BCUT2D eigenvalue weighted by molar-refractivity contribution is 6.35. The summed E-state index contributed by atoms with van der Waals surface area (Å²) in [6.07, 6.45) is 0. The van der Waals surface area contributed by atoms with E-state index in [-0.39, 0.29) is 18.4 Å². The topological polar surface area (TPSA) is 49.4 Å². The summed E-state index contributed by atoms with van der Waals surface area (Å²) < 4.78 is 0. The fourth-order valence-electron chi connectivity index (χ4n) is 2.13. The summed E-state index contributed by atoms with van der Waals surface area (Å²) in [6, 6.07) is 12.2. The minimum atomic E-state index is -0.300. The SMILES string of the molecule is CC(=O)N(CC(=O)Nc1ccccc1C)c1cc(Cl)cc(Cl)c1. The van der Waals surface area contributed by atoms with Gasteiger partial charge in [-0.05, 0) is 36.8 Å². The lowest BCUT2D eigenvalue weighted by Gasteiger charge is -2.21. The molecule has 0 aliphatic heterocycles. The van der Waals surface area contributed by atoms with Crippen molar-refractivity contribution < 1.29 is 9.59 Å². The number of rotatable bonds is 4. The van der Waals surface area contributed by atoms with Gasteiger partial charge in [-0.2, -0.15) is 0 Å². The standard InChI is InChI=1S/C17H16Cl2N2O2/c1-11-5-3-4-6-16(11)20-17(23)10-21(12(2)22)15-8-13(18)7-14(19)9-15/h3-9H,10H2,1-2H3,(H,20,23). The lowest BCUT2D eigenvalue weighted by atomic mass is 10.2. The van der Waals surface area contributed by atoms with Crippen molar-refractivity contribution in [1.82, 2.24) is 0 Å². The van der Waals surface area contributed by atoms with E-state index < -0.39 is 0 Å². The van der Waals surface area contributed by atoms with E-state index >= 15 is 0 Å². The van der Waals surface area contributed by atoms with Crippen LogP contribution in [-0.4, -0.2) is 18.4 Å². The van der Waals surface area contributed by atoms with Crippen molar-refractivity contribution in [3.63, 3.8) is 0 Å². The highest BCUT2D eigenvalue weighted by Gasteiger charge is 2.17. The van der Waals surface area contributed by atoms with E-state index in [2.05, 4.69) is 5.32 Å². The summed E-state index contributed by atoms with van der Waals surface area (Å²) in [5.41, 5.74) is 2.14. The van der Waals surface area contributed by atoms with Crippen molar-refractivity contribution in [3.8, 4) is 0 Å². The van der Waals surface area contributed by atoms with Crippen LogP contribution in [0.4, 0.5) is 11.4 Å². The fraction of sp³-hybridized carbons (Fsp3) is 0.176. The van der Waals surface area contributed by atoms with Crippen LogP contribution in [0.15, 0.2) is 42.5 Å². The molecule has 0 saturated carbocycles. The van der Waals surface area contributed by atoms with Gasteiger partial charge in [0.05, 0.1) is 0 Å². The van der Waals surface area contributed by atoms with Crippen LogP contribution < -0.4 is 10.2 Å². The number of carbonyl (C=O) groups is 2. The first-order valence-corrected chi connectivity index (χ1v) is 7.72. The molecule has 2 aromatic rings. The minimum absolute atomic E-state index is 0.125. The third-order valence-corrected chi connectivity index (χ3v) is 3.70. The normalized spacial score (nSPS) is 10.3. The first-order chi connectivity index (χ1) is 10.9. The van der Waals surface area contributed by atoms with Gasteiger partial charge in [-0.25, -0.2) is 0 Å². The van der Waals surface area contributed by atoms with Crippen LogP contribution in [0.2, 0.25) is 10.0 Å². The molecule has 23 heavy (non-hydrogen) atoms. The molecule has 2 aromatic carbocycles. The number of benzene rings is 2. The molecule has 120 valence electrons. The predicted octanol–water partition coefficient (Wildman–Crippen LogP) is 4.29. The van der Waals surface area contributed by atoms with E-state index in [9.17, 15) is 9.59 Å². The number of hydrogen-bond acceptors (Lipinski definition) is 2. The van der Waals surface area contributed by atoms with Crippen molar-refractivity contribution >= 4 is 46.4 Å². The van der Waals surface area contributed by atoms with Crippen molar-refractivity contribution in [3.05, 3.63) is 58.1 Å². The molecule has 2 amide bonds. The molecule has 0 bridgehead atoms. The molecule has 0 fully saturated rings. The van der Waals surface area contributed by atoms with Gasteiger partial charge in [0.15, 0.2) is 0 Å². The molecule has 0 unspecified atom stereocenters. The smallest absolute Gasteiger partial charge is 0.244 e. The second kappa shape index (κ2) is 7.49. The highest BCUT2D eigenvalue weighted by Crippen LogP contribution is 2.25. The zero-order chi connectivity index (χ0) is 17.0. The number of nitrogens with one attached hydrogen (secondary N) is 1. The zero-order valence-corrected chi connectivity index (χ0v) is 14.3. The van der Waals surface area contributed by atoms with Gasteiger partial charge in [0.2, 0.25) is 11.8 Å². The second-order valence-corrected chi connectivity index (χ2v) is 5.97. The van der Waals surface area contributed by atoms with E-state index in [1.165, 1.54) is 11.8 Å². The average molecular weight is 351 g/mol. The molecular weight excluding hydrogens is 335 g/mol. The minimum Gasteiger partial charge on any atom is -0.324 e. The maximum Gasteiger partial charge on any atom is 0.244 e. The lowest BCUT2D eigenvalue weighted by Crippen LogP contribution is -2.36. The first-order valence-electron chi connectivity index (χ1n) is 6.96. The van der Waals surface area contributed by atoms with Gasteiger partial charge >= 0.3 is 0 Å². The van der Waals surface area contributed by atoms with Crippen LogP contribution in [-0.2, 0) is 9.59 Å². The molecule has 2 rings (SSSR count). The summed E-state index contributed by atoms with van der Waals surface area (Å²) >= 11 is 11.9. The van der Waals surface area contributed by atoms with Gasteiger partial charge in [-0.1, -0.05) is 41.4 Å². The fourth-order valence-corrected chi connectivity index (χ4v) is 2.64. The zero-order valence-electron chi connectivity index (χ0n) is 12.8. The maximum absolute atomic E-state index is 12.3. The van der Waals surface area contributed by atoms with Crippen LogP contribution in [0, 0.1) is 6.92 Å². The predicted molar refractivity (Wildman–Crippen MR) is 94.3 cm³/mol. The molecule has 0 aliphatic carbocycles. The Kier molecular flexibility index (Phi) is 5.64. The van der Waals surface area contributed by atoms with E-state index in [1.807, 2.05) is 31.2 Å². The Balaban J connectivity index is 2.18. The summed E-state index contributed by atoms with van der Waals surface area (Å²) in [5, 5.41) is 3.60. The number of nitrogens with zero attached hydrogens (tertiary/aromatic N) is 1. The summed E-state index contributed by atoms with van der Waals surface area (Å²) in [5.74, 6) is -0.575. The van der Waals surface area contributed by atoms with Crippen LogP contribution in [0.5, 0.6) is 0 Å². The third-order valence-electron chi connectivity index (χ3n) is 3.26. The Labute approximate surface area is 145 Å². The Hall–Kier alpha value is -2.04. The molecule has 0 atom stereocenters. The molecular formula is C17H16Cl2N2O2. The number of anilines is 2. The molecule has 0 spiro atoms. The molecule has 0 aromatic heterocycles. The first kappa shape index (κ1) is 17.3. The van der Waals surface area contributed by atoms with E-state index in [1.54, 1.807) is 18.2 Å². The average Bonchev–Trinajstić information content (AvgIpc) is 2.46. The molecule has 6 heteroatoms. The van der Waals surface area contributed by atoms with Crippen LogP contribution >= 0.6 is 23.2 Å². The van der Waals surface area contributed by atoms with Gasteiger partial charge in [0.1, 0.15) is 6.54 Å². The van der Waals surface area contributed by atoms with Gasteiger partial charge in [-0.3, -0.25) is 9.59 Å². The third kappa shape index (κ3) is 4.71. The number of hydrogen-bond donors (Lipinski definition) is 1. The number of para-hydroxylation sites is 1. The lowest BCUT2D eigenvalue weighted by molar-refractivity contribution is -0.120. The largest absolute Gasteiger partial charge is 0.324 e. The van der Waals surface area contributed by atoms with Gasteiger partial charge in [0.25, 0.3) is 0 Å². The van der Waals surface area contributed by atoms with Gasteiger partial charge in [0, 0.05) is 28.3 Å². The van der Waals surface area contributed by atoms with E-state index in [0.717, 1.165) is 5.56 Å². The monoisotopic (exact) mass is 350 g/mol. The molecule has 0 radical (unpaired) electrons. The number of amides is 2. The molecule has 1 N–H and O–H groups in total. The van der Waals surface area contributed by atoms with Gasteiger partial charge < -0.3 is 10.2 Å². The second-order valence-electron chi connectivity index (χ2n) is 5.10. The van der Waals surface area contributed by atoms with Crippen molar-refractivity contribution in [1.29, 1.82) is 0 Å². The number of carbonyl (C=O) groups excluding carboxylic acids is 2. The molecule has 0 aliphatic rings. The van der Waals surface area contributed by atoms with Crippen molar-refractivity contribution in [2.45, 2.75) is 13.8 Å².